The summed E-state index contributed by atoms with van der Waals surface area (Å²) in [6.07, 6.45) is 0. The van der Waals surface area contributed by atoms with Crippen LogP contribution in [0.5, 0.6) is 5.75 Å². The Balaban J connectivity index is 2.27. The third-order valence-electron chi connectivity index (χ3n) is 3.13. The van der Waals surface area contributed by atoms with Crippen LogP contribution in [0.2, 0.25) is 0 Å². The molecule has 2 N–H and O–H groups in total. The van der Waals surface area contributed by atoms with E-state index < -0.39 is 17.5 Å². The first-order valence-corrected chi connectivity index (χ1v) is 7.75. The van der Waals surface area contributed by atoms with Gasteiger partial charge in [-0.2, -0.15) is 5.90 Å². The van der Waals surface area contributed by atoms with Gasteiger partial charge in [0.25, 0.3) is 0 Å². The van der Waals surface area contributed by atoms with Crippen LogP contribution < -0.4 is 10.6 Å². The lowest BCUT2D eigenvalue weighted by Crippen LogP contribution is -2.24. The Labute approximate surface area is 146 Å². The van der Waals surface area contributed by atoms with Gasteiger partial charge in [-0.3, -0.25) is 0 Å². The number of benzene rings is 2. The highest BCUT2D eigenvalue weighted by atomic mass is 16.7. The highest BCUT2D eigenvalue weighted by molar-refractivity contribution is 5.96. The predicted octanol–water partition coefficient (Wildman–Crippen LogP) is 3.25. The van der Waals surface area contributed by atoms with Crippen LogP contribution in [0.3, 0.4) is 0 Å². The van der Waals surface area contributed by atoms with Gasteiger partial charge in [-0.25, -0.2) is 9.59 Å². The van der Waals surface area contributed by atoms with Crippen molar-refractivity contribution < 1.29 is 23.9 Å². The van der Waals surface area contributed by atoms with Gasteiger partial charge in [0, 0.05) is 0 Å². The van der Waals surface area contributed by atoms with E-state index in [4.69, 9.17) is 15.4 Å². The van der Waals surface area contributed by atoms with Crippen molar-refractivity contribution in [2.45, 2.75) is 33.0 Å². The van der Waals surface area contributed by atoms with E-state index >= 15 is 0 Å². The van der Waals surface area contributed by atoms with E-state index in [2.05, 4.69) is 4.84 Å². The maximum Gasteiger partial charge on any atom is 0.356 e. The van der Waals surface area contributed by atoms with E-state index in [-0.39, 0.29) is 17.7 Å². The lowest BCUT2D eigenvalue weighted by Gasteiger charge is -2.20. The largest absolute Gasteiger partial charge is 0.489 e. The molecule has 0 saturated carbocycles. The van der Waals surface area contributed by atoms with Crippen LogP contribution in [0.1, 0.15) is 47.1 Å². The zero-order valence-corrected chi connectivity index (χ0v) is 14.4. The Hall–Kier alpha value is -2.86. The molecular weight excluding hydrogens is 322 g/mol. The summed E-state index contributed by atoms with van der Waals surface area (Å²) in [6, 6.07) is 13.9. The quantitative estimate of drug-likeness (QED) is 0.662. The van der Waals surface area contributed by atoms with Gasteiger partial charge in [0.1, 0.15) is 18.0 Å². The molecule has 6 nitrogen and oxygen atoms in total. The second kappa shape index (κ2) is 7.81. The fraction of sp³-hybridized carbons (Fsp3) is 0.263. The molecular formula is C19H21NO5. The Morgan fingerprint density at radius 2 is 1.56 bits per heavy atom. The molecule has 0 spiro atoms. The molecule has 2 rings (SSSR count). The zero-order valence-electron chi connectivity index (χ0n) is 14.4. The topological polar surface area (TPSA) is 87.8 Å². The van der Waals surface area contributed by atoms with Crippen molar-refractivity contribution in [1.29, 1.82) is 0 Å². The van der Waals surface area contributed by atoms with Gasteiger partial charge < -0.3 is 14.3 Å². The first-order chi connectivity index (χ1) is 11.8. The van der Waals surface area contributed by atoms with E-state index in [1.54, 1.807) is 20.8 Å². The molecule has 6 heteroatoms. The molecule has 0 amide bonds. The molecule has 0 aliphatic carbocycles. The molecule has 0 aromatic heterocycles. The standard InChI is InChI=1S/C19H21NO5/c1-19(2,3)24-17(21)14-9-15(18(22)25-20)11-16(10-14)23-12-13-7-5-4-6-8-13/h4-11H,12,20H2,1-3H3. The Bertz CT molecular complexity index is 750. The van der Waals surface area contributed by atoms with Crippen LogP contribution >= 0.6 is 0 Å². The van der Waals surface area contributed by atoms with Crippen molar-refractivity contribution in [3.8, 4) is 5.75 Å². The van der Waals surface area contributed by atoms with E-state index in [0.717, 1.165) is 5.56 Å². The predicted molar refractivity (Wildman–Crippen MR) is 92.0 cm³/mol. The zero-order chi connectivity index (χ0) is 18.4. The highest BCUT2D eigenvalue weighted by Crippen LogP contribution is 2.22. The highest BCUT2D eigenvalue weighted by Gasteiger charge is 2.20. The molecule has 0 unspecified atom stereocenters. The number of carbonyl (C=O) groups excluding carboxylic acids is 2. The summed E-state index contributed by atoms with van der Waals surface area (Å²) in [5.41, 5.74) is 0.579. The minimum Gasteiger partial charge on any atom is -0.489 e. The van der Waals surface area contributed by atoms with Crippen molar-refractivity contribution in [3.63, 3.8) is 0 Å². The Kier molecular flexibility index (Phi) is 5.77. The van der Waals surface area contributed by atoms with Crippen LogP contribution in [0.4, 0.5) is 0 Å². The van der Waals surface area contributed by atoms with Crippen molar-refractivity contribution in [2.24, 2.45) is 5.90 Å². The molecule has 0 saturated heterocycles. The monoisotopic (exact) mass is 343 g/mol. The van der Waals surface area contributed by atoms with Crippen LogP contribution in [0, 0.1) is 0 Å². The maximum absolute atomic E-state index is 12.3. The molecule has 0 radical (unpaired) electrons. The van der Waals surface area contributed by atoms with Crippen LogP contribution in [-0.4, -0.2) is 17.5 Å². The fourth-order valence-electron chi connectivity index (χ4n) is 2.06. The van der Waals surface area contributed by atoms with Gasteiger partial charge in [0.2, 0.25) is 0 Å². The molecule has 132 valence electrons. The summed E-state index contributed by atoms with van der Waals surface area (Å²) in [6.45, 7) is 5.57. The minimum absolute atomic E-state index is 0.105. The van der Waals surface area contributed by atoms with Crippen LogP contribution in [0.25, 0.3) is 0 Å². The van der Waals surface area contributed by atoms with Gasteiger partial charge in [-0.15, -0.1) is 0 Å². The molecule has 25 heavy (non-hydrogen) atoms. The average molecular weight is 343 g/mol. The van der Waals surface area contributed by atoms with Gasteiger partial charge in [-0.1, -0.05) is 30.3 Å². The van der Waals surface area contributed by atoms with E-state index in [1.165, 1.54) is 18.2 Å². The first-order valence-electron chi connectivity index (χ1n) is 7.75. The lowest BCUT2D eigenvalue weighted by molar-refractivity contribution is 0.00690. The number of nitrogens with two attached hydrogens (primary N) is 1. The third kappa shape index (κ3) is 5.61. The average Bonchev–Trinajstić information content (AvgIpc) is 2.58. The van der Waals surface area contributed by atoms with Crippen molar-refractivity contribution in [3.05, 3.63) is 65.2 Å². The van der Waals surface area contributed by atoms with Crippen LogP contribution in [-0.2, 0) is 16.2 Å². The summed E-state index contributed by atoms with van der Waals surface area (Å²) >= 11 is 0. The second-order valence-electron chi connectivity index (χ2n) is 6.43. The first kappa shape index (κ1) is 18.5. The maximum atomic E-state index is 12.3. The van der Waals surface area contributed by atoms with Crippen molar-refractivity contribution in [1.82, 2.24) is 0 Å². The van der Waals surface area contributed by atoms with Crippen molar-refractivity contribution >= 4 is 11.9 Å². The molecule has 0 bridgehead atoms. The van der Waals surface area contributed by atoms with Gasteiger partial charge in [0.15, 0.2) is 0 Å². The number of hydrogen-bond acceptors (Lipinski definition) is 6. The normalized spacial score (nSPS) is 10.9. The van der Waals surface area contributed by atoms with Gasteiger partial charge in [0.05, 0.1) is 11.1 Å². The fourth-order valence-corrected chi connectivity index (χ4v) is 2.06. The number of carbonyl (C=O) groups is 2. The summed E-state index contributed by atoms with van der Waals surface area (Å²) in [5, 5.41) is 0. The van der Waals surface area contributed by atoms with Gasteiger partial charge in [-0.05, 0) is 44.5 Å². The molecule has 0 heterocycles. The summed E-state index contributed by atoms with van der Waals surface area (Å²) in [5.74, 6) is 3.95. The number of rotatable bonds is 5. The number of hydrogen-bond donors (Lipinski definition) is 1. The SMILES string of the molecule is CC(C)(C)OC(=O)c1cc(OCc2ccccc2)cc(C(=O)ON)c1. The summed E-state index contributed by atoms with van der Waals surface area (Å²) < 4.78 is 11.0. The Morgan fingerprint density at radius 3 is 2.12 bits per heavy atom. The number of esters is 1. The van der Waals surface area contributed by atoms with Crippen LogP contribution in [0.15, 0.2) is 48.5 Å². The number of ether oxygens (including phenoxy) is 2. The smallest absolute Gasteiger partial charge is 0.356 e. The molecule has 0 fully saturated rings. The lowest BCUT2D eigenvalue weighted by atomic mass is 10.1. The molecule has 0 aliphatic heterocycles. The summed E-state index contributed by atoms with van der Waals surface area (Å²) in [4.78, 5) is 28.3. The summed E-state index contributed by atoms with van der Waals surface area (Å²) in [7, 11) is 0. The molecule has 0 aliphatic rings. The van der Waals surface area contributed by atoms with E-state index in [9.17, 15) is 9.59 Å². The Morgan fingerprint density at radius 1 is 0.960 bits per heavy atom. The van der Waals surface area contributed by atoms with Crippen molar-refractivity contribution in [2.75, 3.05) is 0 Å². The third-order valence-corrected chi connectivity index (χ3v) is 3.13. The molecule has 2 aromatic carbocycles. The minimum atomic E-state index is -0.769. The molecule has 2 aromatic rings. The van der Waals surface area contributed by atoms with E-state index in [0.29, 0.717) is 5.75 Å². The second-order valence-corrected chi connectivity index (χ2v) is 6.43. The van der Waals surface area contributed by atoms with E-state index in [1.807, 2.05) is 30.3 Å². The molecule has 0 atom stereocenters. The van der Waals surface area contributed by atoms with Gasteiger partial charge >= 0.3 is 11.9 Å².